The monoisotopic (exact) mass is 593 g/mol. The standard InChI is InChI=1S/C32H31F4N5O2/c33-18-12-32(8-1-9-40(32)14-18)16-43-31-38-29-23(30(39-31)41-15-19-3-4-20(41)13-37-19)6-5-22(27(29)35)24-11-21(42)10-17-2-7-25(34)28(36)26(17)24/h2,5-7,10-11,18-20,37,42H,1,3-4,8-9,12-16H2/t18-,19+,20?,32+/m1/s1. The van der Waals surface area contributed by atoms with Gasteiger partial charge in [-0.3, -0.25) is 4.90 Å². The van der Waals surface area contributed by atoms with Crippen LogP contribution in [0, 0.1) is 17.5 Å². The minimum Gasteiger partial charge on any atom is -0.508 e. The molecule has 5 aliphatic heterocycles. The quantitative estimate of drug-likeness (QED) is 0.298. The highest BCUT2D eigenvalue weighted by Crippen LogP contribution is 2.42. The van der Waals surface area contributed by atoms with Crippen LogP contribution < -0.4 is 15.0 Å². The Morgan fingerprint density at radius 1 is 1.02 bits per heavy atom. The van der Waals surface area contributed by atoms with Crippen LogP contribution in [0.4, 0.5) is 23.4 Å². The van der Waals surface area contributed by atoms with E-state index in [-0.39, 0.29) is 57.9 Å². The van der Waals surface area contributed by atoms with Gasteiger partial charge in [0.25, 0.3) is 0 Å². The summed E-state index contributed by atoms with van der Waals surface area (Å²) in [5, 5.41) is 14.5. The number of phenols is 1. The van der Waals surface area contributed by atoms with Gasteiger partial charge >= 0.3 is 6.01 Å². The minimum atomic E-state index is -1.13. The number of nitrogens with zero attached hydrogens (tertiary/aromatic N) is 4. The van der Waals surface area contributed by atoms with Gasteiger partial charge in [0.15, 0.2) is 17.5 Å². The molecule has 2 bridgehead atoms. The summed E-state index contributed by atoms with van der Waals surface area (Å²) in [4.78, 5) is 13.6. The summed E-state index contributed by atoms with van der Waals surface area (Å²) >= 11 is 0. The molecular formula is C32H31F4N5O2. The largest absolute Gasteiger partial charge is 0.508 e. The number of hydrogen-bond acceptors (Lipinski definition) is 7. The number of ether oxygens (including phenoxy) is 1. The van der Waals surface area contributed by atoms with Crippen molar-refractivity contribution in [3.05, 3.63) is 53.8 Å². The summed E-state index contributed by atoms with van der Waals surface area (Å²) in [7, 11) is 0. The van der Waals surface area contributed by atoms with Gasteiger partial charge < -0.3 is 20.1 Å². The number of hydrogen-bond donors (Lipinski definition) is 2. The number of aromatic hydroxyl groups is 1. The molecular weight excluding hydrogens is 562 g/mol. The van der Waals surface area contributed by atoms with E-state index in [4.69, 9.17) is 9.72 Å². The zero-order valence-electron chi connectivity index (χ0n) is 23.4. The number of phenolic OH excluding ortho intramolecular Hbond substituents is 1. The molecule has 9 rings (SSSR count). The average Bonchev–Trinajstić information content (AvgIpc) is 3.54. The van der Waals surface area contributed by atoms with Crippen LogP contribution in [0.2, 0.25) is 0 Å². The molecule has 5 fully saturated rings. The number of aromatic nitrogens is 2. The first-order valence-electron chi connectivity index (χ1n) is 14.9. The summed E-state index contributed by atoms with van der Waals surface area (Å²) in [5.41, 5.74) is -0.479. The zero-order valence-corrected chi connectivity index (χ0v) is 23.4. The number of nitrogens with one attached hydrogen (secondary N) is 1. The SMILES string of the molecule is Oc1cc(-c2ccc3c(N4C[C@@H]5CCC4CN5)nc(OC[C@@]45CCCN4C[C@H](F)C5)nc3c2F)c2c(F)c(F)ccc2c1. The van der Waals surface area contributed by atoms with Crippen molar-refractivity contribution in [2.75, 3.05) is 37.7 Å². The summed E-state index contributed by atoms with van der Waals surface area (Å²) in [5.74, 6) is -2.61. The summed E-state index contributed by atoms with van der Waals surface area (Å²) in [6.45, 7) is 2.86. The molecule has 5 saturated heterocycles. The van der Waals surface area contributed by atoms with Crippen LogP contribution in [0.15, 0.2) is 36.4 Å². The predicted octanol–water partition coefficient (Wildman–Crippen LogP) is 5.47. The van der Waals surface area contributed by atoms with Crippen molar-refractivity contribution in [2.24, 2.45) is 0 Å². The van der Waals surface area contributed by atoms with Gasteiger partial charge in [-0.25, -0.2) is 17.6 Å². The Kier molecular flexibility index (Phi) is 6.20. The highest BCUT2D eigenvalue weighted by atomic mass is 19.2. The maximum absolute atomic E-state index is 16.6. The maximum Gasteiger partial charge on any atom is 0.319 e. The second-order valence-electron chi connectivity index (χ2n) is 12.5. The van der Waals surface area contributed by atoms with E-state index in [0.29, 0.717) is 30.7 Å². The van der Waals surface area contributed by atoms with Crippen LogP contribution in [-0.2, 0) is 0 Å². The molecule has 224 valence electrons. The van der Waals surface area contributed by atoms with Gasteiger partial charge in [-0.2, -0.15) is 9.97 Å². The van der Waals surface area contributed by atoms with E-state index in [0.717, 1.165) is 44.8 Å². The minimum absolute atomic E-state index is 0.00511. The molecule has 0 radical (unpaired) electrons. The van der Waals surface area contributed by atoms with Gasteiger partial charge in [0.1, 0.15) is 29.9 Å². The Morgan fingerprint density at radius 3 is 2.70 bits per heavy atom. The molecule has 7 nitrogen and oxygen atoms in total. The van der Waals surface area contributed by atoms with E-state index < -0.39 is 29.2 Å². The highest BCUT2D eigenvalue weighted by molar-refractivity contribution is 6.01. The Morgan fingerprint density at radius 2 is 1.91 bits per heavy atom. The molecule has 3 aromatic carbocycles. The van der Waals surface area contributed by atoms with Crippen LogP contribution in [0.25, 0.3) is 32.8 Å². The third-order valence-electron chi connectivity index (χ3n) is 9.90. The Balaban J connectivity index is 1.27. The summed E-state index contributed by atoms with van der Waals surface area (Å²) in [6, 6.07) is 8.49. The molecule has 4 atom stereocenters. The number of piperidine rings is 2. The molecule has 0 aliphatic carbocycles. The van der Waals surface area contributed by atoms with Crippen LogP contribution >= 0.6 is 0 Å². The van der Waals surface area contributed by atoms with E-state index in [2.05, 4.69) is 20.1 Å². The molecule has 0 spiro atoms. The van der Waals surface area contributed by atoms with Crippen molar-refractivity contribution in [3.8, 4) is 22.9 Å². The fraction of sp³-hybridized carbons (Fsp3) is 0.438. The Bertz CT molecular complexity index is 1760. The van der Waals surface area contributed by atoms with Gasteiger partial charge in [-0.1, -0.05) is 12.1 Å². The van der Waals surface area contributed by atoms with Crippen molar-refractivity contribution in [1.82, 2.24) is 20.2 Å². The number of rotatable bonds is 5. The van der Waals surface area contributed by atoms with E-state index in [1.807, 2.05) is 0 Å². The van der Waals surface area contributed by atoms with Crippen LogP contribution in [-0.4, -0.2) is 76.6 Å². The number of alkyl halides is 1. The third kappa shape index (κ3) is 4.30. The van der Waals surface area contributed by atoms with E-state index in [9.17, 15) is 13.9 Å². The Labute approximate surface area is 245 Å². The predicted molar refractivity (Wildman–Crippen MR) is 155 cm³/mol. The van der Waals surface area contributed by atoms with Crippen molar-refractivity contribution < 1.29 is 27.4 Å². The lowest BCUT2D eigenvalue weighted by molar-refractivity contribution is 0.107. The lowest BCUT2D eigenvalue weighted by atomic mass is 9.92. The number of benzene rings is 3. The summed E-state index contributed by atoms with van der Waals surface area (Å²) < 4.78 is 66.6. The fourth-order valence-electron chi connectivity index (χ4n) is 7.83. The molecule has 11 heteroatoms. The third-order valence-corrected chi connectivity index (χ3v) is 9.90. The fourth-order valence-corrected chi connectivity index (χ4v) is 7.83. The second-order valence-corrected chi connectivity index (χ2v) is 12.5. The number of fused-ring (bicyclic) bond motifs is 6. The molecule has 5 aliphatic rings. The lowest BCUT2D eigenvalue weighted by Crippen LogP contribution is -2.61. The molecule has 0 saturated carbocycles. The van der Waals surface area contributed by atoms with Gasteiger partial charge in [0, 0.05) is 54.5 Å². The van der Waals surface area contributed by atoms with Crippen molar-refractivity contribution >= 4 is 27.5 Å². The van der Waals surface area contributed by atoms with Crippen molar-refractivity contribution in [1.29, 1.82) is 0 Å². The topological polar surface area (TPSA) is 73.8 Å². The first-order valence-corrected chi connectivity index (χ1v) is 14.9. The first-order chi connectivity index (χ1) is 20.8. The van der Waals surface area contributed by atoms with E-state index in [1.165, 1.54) is 24.3 Å². The molecule has 0 amide bonds. The molecule has 43 heavy (non-hydrogen) atoms. The second kappa shape index (κ2) is 9.92. The molecule has 6 heterocycles. The smallest absolute Gasteiger partial charge is 0.319 e. The summed E-state index contributed by atoms with van der Waals surface area (Å²) in [6.07, 6.45) is 3.23. The number of anilines is 1. The van der Waals surface area contributed by atoms with Crippen molar-refractivity contribution in [3.63, 3.8) is 0 Å². The van der Waals surface area contributed by atoms with E-state index in [1.54, 1.807) is 6.07 Å². The van der Waals surface area contributed by atoms with E-state index >= 15 is 8.78 Å². The van der Waals surface area contributed by atoms with Crippen LogP contribution in [0.5, 0.6) is 11.8 Å². The molecule has 4 aromatic rings. The zero-order chi connectivity index (χ0) is 29.5. The normalized spacial score (nSPS) is 27.0. The molecule has 1 unspecified atom stereocenters. The van der Waals surface area contributed by atoms with Gasteiger partial charge in [0.2, 0.25) is 0 Å². The van der Waals surface area contributed by atoms with Gasteiger partial charge in [0.05, 0.1) is 5.54 Å². The Hall–Kier alpha value is -3.70. The maximum atomic E-state index is 16.6. The van der Waals surface area contributed by atoms with Crippen molar-refractivity contribution in [2.45, 2.75) is 55.9 Å². The highest BCUT2D eigenvalue weighted by Gasteiger charge is 2.49. The molecule has 1 aromatic heterocycles. The van der Waals surface area contributed by atoms with Gasteiger partial charge in [-0.05, 0) is 67.4 Å². The van der Waals surface area contributed by atoms with Gasteiger partial charge in [-0.15, -0.1) is 0 Å². The van der Waals surface area contributed by atoms with Crippen LogP contribution in [0.1, 0.15) is 32.1 Å². The molecule has 2 N–H and O–H groups in total. The van der Waals surface area contributed by atoms with Crippen LogP contribution in [0.3, 0.4) is 0 Å². The number of halogens is 4. The first kappa shape index (κ1) is 26.9. The number of piperazine rings is 1. The lowest BCUT2D eigenvalue weighted by Gasteiger charge is -2.46. The average molecular weight is 594 g/mol.